The van der Waals surface area contributed by atoms with E-state index in [1.165, 1.54) is 0 Å². The second-order valence-electron chi connectivity index (χ2n) is 9.64. The number of aromatic nitrogens is 1. The molecule has 0 spiro atoms. The average Bonchev–Trinajstić information content (AvgIpc) is 3.23. The average molecular weight is 434 g/mol. The number of fused-ring (bicyclic) bond motifs is 6. The van der Waals surface area contributed by atoms with Gasteiger partial charge in [-0.3, -0.25) is 4.79 Å². The Hall–Kier alpha value is -2.99. The fourth-order valence-corrected chi connectivity index (χ4v) is 6.34. The van der Waals surface area contributed by atoms with Crippen LogP contribution in [0, 0.1) is 11.8 Å². The summed E-state index contributed by atoms with van der Waals surface area (Å²) in [4.78, 5) is 13.7. The van der Waals surface area contributed by atoms with Crippen molar-refractivity contribution in [2.75, 3.05) is 20.5 Å². The normalized spacial score (nSPS) is 26.8. The molecule has 166 valence electrons. The van der Waals surface area contributed by atoms with E-state index in [1.54, 1.807) is 11.7 Å². The maximum atomic E-state index is 13.7. The third kappa shape index (κ3) is 2.53. The van der Waals surface area contributed by atoms with E-state index in [1.807, 2.05) is 37.4 Å². The molecule has 3 aromatic rings. The molecule has 3 heterocycles. The van der Waals surface area contributed by atoms with Crippen molar-refractivity contribution in [1.82, 2.24) is 4.57 Å². The van der Waals surface area contributed by atoms with Crippen molar-refractivity contribution in [3.8, 4) is 17.2 Å². The van der Waals surface area contributed by atoms with E-state index >= 15 is 0 Å². The number of nitrogens with zero attached hydrogens (tertiary/aromatic N) is 1. The molecule has 2 aliphatic heterocycles. The minimum absolute atomic E-state index is 0.0193. The van der Waals surface area contributed by atoms with Gasteiger partial charge in [-0.2, -0.15) is 0 Å². The summed E-state index contributed by atoms with van der Waals surface area (Å²) >= 11 is 0. The van der Waals surface area contributed by atoms with E-state index in [-0.39, 0.29) is 36.0 Å². The predicted octanol–water partition coefficient (Wildman–Crippen LogP) is 4.20. The predicted molar refractivity (Wildman–Crippen MR) is 121 cm³/mol. The molecule has 1 fully saturated rings. The third-order valence-electron chi connectivity index (χ3n) is 7.63. The summed E-state index contributed by atoms with van der Waals surface area (Å²) in [6.07, 6.45) is 0. The lowest BCUT2D eigenvalue weighted by atomic mass is 9.48. The summed E-state index contributed by atoms with van der Waals surface area (Å²) in [6.45, 7) is 5.13. The highest BCUT2D eigenvalue weighted by atomic mass is 16.7. The first-order valence-corrected chi connectivity index (χ1v) is 11.1. The minimum Gasteiger partial charge on any atom is -0.486 e. The first-order chi connectivity index (χ1) is 15.4. The molecule has 3 aliphatic rings. The van der Waals surface area contributed by atoms with Crippen LogP contribution in [0.4, 0.5) is 0 Å². The Kier molecular flexibility index (Phi) is 4.15. The van der Waals surface area contributed by atoms with Crippen LogP contribution in [0.3, 0.4) is 0 Å². The van der Waals surface area contributed by atoms with Gasteiger partial charge in [0.2, 0.25) is 6.79 Å². The number of methoxy groups -OCH3 is 1. The highest BCUT2D eigenvalue weighted by Crippen LogP contribution is 2.65. The van der Waals surface area contributed by atoms with Gasteiger partial charge < -0.3 is 23.5 Å². The molecule has 0 unspecified atom stereocenters. The zero-order valence-electron chi connectivity index (χ0n) is 18.8. The molecule has 0 bridgehead atoms. The molecule has 1 saturated carbocycles. The number of pyridine rings is 1. The van der Waals surface area contributed by atoms with Crippen LogP contribution in [0.15, 0.2) is 47.3 Å². The highest BCUT2D eigenvalue weighted by Gasteiger charge is 2.62. The molecule has 2 aromatic carbocycles. The number of rotatable bonds is 3. The lowest BCUT2D eigenvalue weighted by Gasteiger charge is -2.60. The van der Waals surface area contributed by atoms with E-state index in [2.05, 4.69) is 26.0 Å². The van der Waals surface area contributed by atoms with E-state index in [0.29, 0.717) is 6.61 Å². The van der Waals surface area contributed by atoms with Gasteiger partial charge in [-0.1, -0.05) is 18.2 Å². The van der Waals surface area contributed by atoms with E-state index in [9.17, 15) is 4.79 Å². The van der Waals surface area contributed by atoms with Crippen molar-refractivity contribution < 1.29 is 18.9 Å². The Morgan fingerprint density at radius 2 is 1.88 bits per heavy atom. The Balaban J connectivity index is 1.58. The van der Waals surface area contributed by atoms with Gasteiger partial charge in [0.05, 0.1) is 17.7 Å². The largest absolute Gasteiger partial charge is 0.486 e. The number of hydrogen-bond donors (Lipinski definition) is 0. The Morgan fingerprint density at radius 3 is 2.69 bits per heavy atom. The van der Waals surface area contributed by atoms with Gasteiger partial charge in [-0.05, 0) is 55.5 Å². The summed E-state index contributed by atoms with van der Waals surface area (Å²) in [7, 11) is 3.59. The Morgan fingerprint density at radius 1 is 1.09 bits per heavy atom. The minimum atomic E-state index is -0.428. The maximum absolute atomic E-state index is 13.7. The molecule has 6 rings (SSSR count). The number of hydrogen-bond acceptors (Lipinski definition) is 5. The van der Waals surface area contributed by atoms with Crippen LogP contribution in [0.25, 0.3) is 10.9 Å². The topological polar surface area (TPSA) is 58.9 Å². The Bertz CT molecular complexity index is 1290. The van der Waals surface area contributed by atoms with Crippen molar-refractivity contribution in [2.45, 2.75) is 31.3 Å². The van der Waals surface area contributed by atoms with Crippen LogP contribution < -0.4 is 19.8 Å². The molecular formula is C26H27NO5. The summed E-state index contributed by atoms with van der Waals surface area (Å²) in [5.41, 5.74) is 2.41. The molecule has 6 heteroatoms. The van der Waals surface area contributed by atoms with E-state index in [0.717, 1.165) is 39.3 Å². The monoisotopic (exact) mass is 433 g/mol. The molecule has 1 aromatic heterocycles. The van der Waals surface area contributed by atoms with Gasteiger partial charge in [0.1, 0.15) is 11.4 Å². The van der Waals surface area contributed by atoms with Crippen molar-refractivity contribution >= 4 is 10.9 Å². The lowest BCUT2D eigenvalue weighted by molar-refractivity contribution is -0.109. The highest BCUT2D eigenvalue weighted by molar-refractivity contribution is 5.87. The first kappa shape index (κ1) is 19.7. The fraction of sp³-hybridized carbons (Fsp3) is 0.423. The van der Waals surface area contributed by atoms with Crippen LogP contribution in [0.2, 0.25) is 0 Å². The Labute approximate surface area is 186 Å². The molecule has 4 atom stereocenters. The lowest BCUT2D eigenvalue weighted by Crippen LogP contribution is -2.61. The van der Waals surface area contributed by atoms with Gasteiger partial charge in [-0.15, -0.1) is 0 Å². The van der Waals surface area contributed by atoms with E-state index in [4.69, 9.17) is 18.9 Å². The van der Waals surface area contributed by atoms with Crippen LogP contribution >= 0.6 is 0 Å². The summed E-state index contributed by atoms with van der Waals surface area (Å²) in [5, 5.41) is 0.982. The van der Waals surface area contributed by atoms with Gasteiger partial charge >= 0.3 is 0 Å². The second kappa shape index (κ2) is 6.75. The summed E-state index contributed by atoms with van der Waals surface area (Å²) < 4.78 is 25.2. The van der Waals surface area contributed by atoms with Gasteiger partial charge in [0.15, 0.2) is 11.5 Å². The number of aryl methyl sites for hydroxylation is 1. The SMILES string of the molecule is COC[C@@H]1[C@@H](c2ccc3c(c2)OCO3)[C@H]2c3c(c4ccccc4n(C)c3=O)OC(C)(C)[C@@H]12. The number of para-hydroxylation sites is 1. The molecule has 0 amide bonds. The quantitative estimate of drug-likeness (QED) is 0.620. The molecule has 0 saturated heterocycles. The van der Waals surface area contributed by atoms with Crippen LogP contribution in [-0.4, -0.2) is 30.7 Å². The summed E-state index contributed by atoms with van der Waals surface area (Å²) in [6, 6.07) is 14.1. The second-order valence-corrected chi connectivity index (χ2v) is 9.64. The zero-order valence-corrected chi connectivity index (χ0v) is 18.8. The van der Waals surface area contributed by atoms with Gasteiger partial charge in [-0.25, -0.2) is 0 Å². The van der Waals surface area contributed by atoms with Crippen LogP contribution in [-0.2, 0) is 11.8 Å². The van der Waals surface area contributed by atoms with Crippen molar-refractivity contribution in [2.24, 2.45) is 18.9 Å². The molecule has 1 aliphatic carbocycles. The van der Waals surface area contributed by atoms with Gasteiger partial charge in [0, 0.05) is 31.4 Å². The molecule has 0 radical (unpaired) electrons. The van der Waals surface area contributed by atoms with Crippen molar-refractivity contribution in [3.05, 3.63) is 63.9 Å². The van der Waals surface area contributed by atoms with Crippen LogP contribution in [0.5, 0.6) is 17.2 Å². The number of ether oxygens (including phenoxy) is 4. The molecule has 32 heavy (non-hydrogen) atoms. The first-order valence-electron chi connectivity index (χ1n) is 11.1. The fourth-order valence-electron chi connectivity index (χ4n) is 6.34. The van der Waals surface area contributed by atoms with Crippen molar-refractivity contribution in [3.63, 3.8) is 0 Å². The molecule has 0 N–H and O–H groups in total. The van der Waals surface area contributed by atoms with E-state index < -0.39 is 5.60 Å². The third-order valence-corrected chi connectivity index (χ3v) is 7.63. The maximum Gasteiger partial charge on any atom is 0.258 e. The number of benzene rings is 2. The smallest absolute Gasteiger partial charge is 0.258 e. The van der Waals surface area contributed by atoms with Gasteiger partial charge in [0.25, 0.3) is 5.56 Å². The summed E-state index contributed by atoms with van der Waals surface area (Å²) in [5.74, 6) is 2.82. The standard InChI is InChI=1S/C26H27NO5/c1-26(2)23-16(12-29-4)20(14-9-10-18-19(11-14)31-13-30-18)21(23)22-24(32-26)15-7-5-6-8-17(15)27(3)25(22)28/h5-11,16,20-21,23H,12-13H2,1-4H3/t16-,20-,21+,23+/m1/s1. The van der Waals surface area contributed by atoms with Crippen molar-refractivity contribution in [1.29, 1.82) is 0 Å². The van der Waals surface area contributed by atoms with Crippen LogP contribution in [0.1, 0.15) is 36.8 Å². The molecule has 6 nitrogen and oxygen atoms in total. The zero-order chi connectivity index (χ0) is 22.2. The molecular weight excluding hydrogens is 406 g/mol.